The van der Waals surface area contributed by atoms with E-state index in [1.165, 1.54) is 0 Å². The van der Waals surface area contributed by atoms with Crippen molar-refractivity contribution in [1.29, 1.82) is 0 Å². The Hall–Kier alpha value is -0.980. The van der Waals surface area contributed by atoms with Crippen LogP contribution in [-0.2, 0) is 0 Å². The molecule has 0 unspecified atom stereocenters. The molecule has 0 aliphatic rings. The van der Waals surface area contributed by atoms with Crippen molar-refractivity contribution in [3.05, 3.63) is 36.6 Å². The highest BCUT2D eigenvalue weighted by atomic mass is 14.8. The summed E-state index contributed by atoms with van der Waals surface area (Å²) in [6.45, 7) is 9.61. The van der Waals surface area contributed by atoms with Crippen LogP contribution >= 0.6 is 0 Å². The summed E-state index contributed by atoms with van der Waals surface area (Å²) in [4.78, 5) is 0. The zero-order valence-electron chi connectivity index (χ0n) is 6.78. The maximum Gasteiger partial charge on any atom is 0.0111 e. The monoisotopic (exact) mass is 137 g/mol. The Morgan fingerprint density at radius 2 is 2.10 bits per heavy atom. The lowest BCUT2D eigenvalue weighted by molar-refractivity contribution is 0.933. The highest BCUT2D eigenvalue weighted by Crippen LogP contribution is 2.04. The molecule has 10 heavy (non-hydrogen) atoms. The van der Waals surface area contributed by atoms with Gasteiger partial charge in [0, 0.05) is 19.2 Å². The van der Waals surface area contributed by atoms with Gasteiger partial charge < -0.3 is 5.32 Å². The number of allylic oxidation sites excluding steroid dienone is 3. The summed E-state index contributed by atoms with van der Waals surface area (Å²) in [6.07, 6.45) is 4.80. The Balaban J connectivity index is 3.68. The Labute approximate surface area is 63.1 Å². The predicted octanol–water partition coefficient (Wildman–Crippen LogP) is 2.24. The normalized spacial score (nSPS) is 9.80. The van der Waals surface area contributed by atoms with Crippen molar-refractivity contribution in [1.82, 2.24) is 5.32 Å². The minimum Gasteiger partial charge on any atom is -0.392 e. The molecule has 0 aromatic rings. The van der Waals surface area contributed by atoms with Gasteiger partial charge in [-0.05, 0) is 12.5 Å². The molecule has 0 aliphatic carbocycles. The quantitative estimate of drug-likeness (QED) is 0.586. The molecule has 0 spiro atoms. The predicted molar refractivity (Wildman–Crippen MR) is 46.8 cm³/mol. The van der Waals surface area contributed by atoms with Crippen LogP contribution in [0.1, 0.15) is 13.3 Å². The Kier molecular flexibility index (Phi) is 4.38. The maximum absolute atomic E-state index is 3.84. The summed E-state index contributed by atoms with van der Waals surface area (Å²) in [6, 6.07) is 0. The van der Waals surface area contributed by atoms with Crippen LogP contribution in [0.4, 0.5) is 0 Å². The summed E-state index contributed by atoms with van der Waals surface area (Å²) in [5.41, 5.74) is 2.09. The summed E-state index contributed by atoms with van der Waals surface area (Å²) < 4.78 is 0. The van der Waals surface area contributed by atoms with Gasteiger partial charge in [-0.15, -0.1) is 0 Å². The van der Waals surface area contributed by atoms with E-state index in [0.717, 1.165) is 17.7 Å². The zero-order valence-corrected chi connectivity index (χ0v) is 6.78. The molecule has 1 N–H and O–H groups in total. The summed E-state index contributed by atoms with van der Waals surface area (Å²) in [5, 5.41) is 2.97. The number of hydrogen-bond acceptors (Lipinski definition) is 1. The van der Waals surface area contributed by atoms with Gasteiger partial charge in [-0.3, -0.25) is 0 Å². The van der Waals surface area contributed by atoms with Crippen LogP contribution in [0.2, 0.25) is 0 Å². The Bertz CT molecular complexity index is 154. The van der Waals surface area contributed by atoms with Crippen LogP contribution in [0.15, 0.2) is 36.6 Å². The van der Waals surface area contributed by atoms with Gasteiger partial charge in [0.15, 0.2) is 0 Å². The summed E-state index contributed by atoms with van der Waals surface area (Å²) >= 11 is 0. The second kappa shape index (κ2) is 4.86. The van der Waals surface area contributed by atoms with E-state index >= 15 is 0 Å². The lowest BCUT2D eigenvalue weighted by atomic mass is 10.2. The Morgan fingerprint density at radius 3 is 2.50 bits per heavy atom. The average Bonchev–Trinajstić information content (AvgIpc) is 1.88. The van der Waals surface area contributed by atoms with Gasteiger partial charge in [-0.25, -0.2) is 0 Å². The molecule has 0 saturated carbocycles. The molecule has 0 aromatic heterocycles. The molecule has 0 aliphatic heterocycles. The standard InChI is InChI=1S/C9H15N/c1-5-6-8(2)7-9(3)10-4/h5-6,10H,2-3,7H2,1,4H3/b6-5-. The molecule has 0 saturated heterocycles. The molecule has 0 aromatic carbocycles. The fourth-order valence-corrected chi connectivity index (χ4v) is 0.657. The fourth-order valence-electron chi connectivity index (χ4n) is 0.657. The molecule has 56 valence electrons. The molecule has 0 rings (SSSR count). The van der Waals surface area contributed by atoms with Crippen molar-refractivity contribution in [2.45, 2.75) is 13.3 Å². The topological polar surface area (TPSA) is 12.0 Å². The van der Waals surface area contributed by atoms with Crippen molar-refractivity contribution >= 4 is 0 Å². The van der Waals surface area contributed by atoms with Gasteiger partial charge in [-0.2, -0.15) is 0 Å². The first-order valence-electron chi connectivity index (χ1n) is 3.36. The third kappa shape index (κ3) is 3.96. The first-order valence-corrected chi connectivity index (χ1v) is 3.36. The molecule has 1 heteroatoms. The number of rotatable bonds is 4. The summed E-state index contributed by atoms with van der Waals surface area (Å²) in [7, 11) is 1.87. The van der Waals surface area contributed by atoms with Gasteiger partial charge in [-0.1, -0.05) is 25.3 Å². The minimum absolute atomic E-state index is 0.834. The second-order valence-corrected chi connectivity index (χ2v) is 2.19. The average molecular weight is 137 g/mol. The van der Waals surface area contributed by atoms with Crippen molar-refractivity contribution in [3.63, 3.8) is 0 Å². The van der Waals surface area contributed by atoms with E-state index in [4.69, 9.17) is 0 Å². The van der Waals surface area contributed by atoms with E-state index in [9.17, 15) is 0 Å². The third-order valence-corrected chi connectivity index (χ3v) is 1.20. The number of hydrogen-bond donors (Lipinski definition) is 1. The molecule has 0 radical (unpaired) electrons. The maximum atomic E-state index is 3.84. The van der Waals surface area contributed by atoms with Gasteiger partial charge in [0.1, 0.15) is 0 Å². The molecule has 0 amide bonds. The Morgan fingerprint density at radius 1 is 1.50 bits per heavy atom. The summed E-state index contributed by atoms with van der Waals surface area (Å²) in [5.74, 6) is 0. The van der Waals surface area contributed by atoms with Crippen LogP contribution in [0.3, 0.4) is 0 Å². The van der Waals surface area contributed by atoms with Gasteiger partial charge in [0.2, 0.25) is 0 Å². The van der Waals surface area contributed by atoms with Gasteiger partial charge in [0.05, 0.1) is 0 Å². The highest BCUT2D eigenvalue weighted by Gasteiger charge is 1.90. The largest absolute Gasteiger partial charge is 0.392 e. The van der Waals surface area contributed by atoms with Crippen molar-refractivity contribution < 1.29 is 0 Å². The third-order valence-electron chi connectivity index (χ3n) is 1.20. The first-order chi connectivity index (χ1) is 4.70. The second-order valence-electron chi connectivity index (χ2n) is 2.19. The van der Waals surface area contributed by atoms with Gasteiger partial charge in [0.25, 0.3) is 0 Å². The van der Waals surface area contributed by atoms with Crippen molar-refractivity contribution in [2.24, 2.45) is 0 Å². The minimum atomic E-state index is 0.834. The molecule has 1 nitrogen and oxygen atoms in total. The van der Waals surface area contributed by atoms with Crippen LogP contribution in [-0.4, -0.2) is 7.05 Å². The number of nitrogens with one attached hydrogen (secondary N) is 1. The molecule has 0 heterocycles. The van der Waals surface area contributed by atoms with Crippen LogP contribution in [0.5, 0.6) is 0 Å². The van der Waals surface area contributed by atoms with Crippen LogP contribution in [0.25, 0.3) is 0 Å². The molecular weight excluding hydrogens is 122 g/mol. The highest BCUT2D eigenvalue weighted by molar-refractivity contribution is 5.19. The van der Waals surface area contributed by atoms with E-state index in [0.29, 0.717) is 0 Å². The zero-order chi connectivity index (χ0) is 7.98. The van der Waals surface area contributed by atoms with Crippen molar-refractivity contribution in [3.8, 4) is 0 Å². The molecule has 0 atom stereocenters. The molecule has 0 fully saturated rings. The molecule has 0 bridgehead atoms. The van der Waals surface area contributed by atoms with E-state index in [1.54, 1.807) is 0 Å². The van der Waals surface area contributed by atoms with Crippen LogP contribution in [0, 0.1) is 0 Å². The van der Waals surface area contributed by atoms with E-state index in [2.05, 4.69) is 18.5 Å². The van der Waals surface area contributed by atoms with Gasteiger partial charge >= 0.3 is 0 Å². The lowest BCUT2D eigenvalue weighted by Crippen LogP contribution is -2.03. The van der Waals surface area contributed by atoms with E-state index in [-0.39, 0.29) is 0 Å². The van der Waals surface area contributed by atoms with E-state index < -0.39 is 0 Å². The molecular formula is C9H15N. The van der Waals surface area contributed by atoms with Crippen molar-refractivity contribution in [2.75, 3.05) is 7.05 Å². The first kappa shape index (κ1) is 9.02. The smallest absolute Gasteiger partial charge is 0.0111 e. The van der Waals surface area contributed by atoms with E-state index in [1.807, 2.05) is 26.1 Å². The van der Waals surface area contributed by atoms with Crippen LogP contribution < -0.4 is 5.32 Å². The SMILES string of the molecule is C=C(/C=C\C)CC(=C)NC. The lowest BCUT2D eigenvalue weighted by Gasteiger charge is -2.02. The fraction of sp³-hybridized carbons (Fsp3) is 0.333.